The second-order valence-corrected chi connectivity index (χ2v) is 10.5. The van der Waals surface area contributed by atoms with Crippen molar-refractivity contribution in [2.45, 2.75) is 56.0 Å². The molecular formula is C24H33N7OS. The van der Waals surface area contributed by atoms with Gasteiger partial charge in [0, 0.05) is 23.5 Å². The monoisotopic (exact) mass is 467 g/mol. The first-order chi connectivity index (χ1) is 16.1. The van der Waals surface area contributed by atoms with Crippen molar-refractivity contribution in [1.29, 1.82) is 0 Å². The molecule has 8 nitrogen and oxygen atoms in total. The summed E-state index contributed by atoms with van der Waals surface area (Å²) in [6.45, 7) is 8.20. The summed E-state index contributed by atoms with van der Waals surface area (Å²) in [5.41, 5.74) is 1.16. The highest BCUT2D eigenvalue weighted by molar-refractivity contribution is 8.03. The van der Waals surface area contributed by atoms with Crippen molar-refractivity contribution in [2.75, 3.05) is 36.1 Å². The van der Waals surface area contributed by atoms with Crippen LogP contribution in [0.4, 0.5) is 17.8 Å². The van der Waals surface area contributed by atoms with Crippen LogP contribution >= 0.6 is 11.8 Å². The number of anilines is 3. The molecule has 4 atom stereocenters. The average molecular weight is 468 g/mol. The molecule has 0 spiro atoms. The van der Waals surface area contributed by atoms with Gasteiger partial charge in [0.2, 0.25) is 17.8 Å². The van der Waals surface area contributed by atoms with Crippen molar-refractivity contribution in [1.82, 2.24) is 20.3 Å². The first-order valence-electron chi connectivity index (χ1n) is 11.8. The molecule has 1 aliphatic heterocycles. The molecule has 2 bridgehead atoms. The third kappa shape index (κ3) is 5.35. The van der Waals surface area contributed by atoms with Crippen LogP contribution < -0.4 is 26.0 Å². The van der Waals surface area contributed by atoms with Gasteiger partial charge in [-0.15, -0.1) is 0 Å². The van der Waals surface area contributed by atoms with Crippen LogP contribution in [0.3, 0.4) is 0 Å². The molecule has 4 unspecified atom stereocenters. The Hall–Kier alpha value is -2.52. The van der Waals surface area contributed by atoms with Gasteiger partial charge in [-0.25, -0.2) is 0 Å². The molecule has 33 heavy (non-hydrogen) atoms. The lowest BCUT2D eigenvalue weighted by atomic mass is 9.95. The van der Waals surface area contributed by atoms with E-state index in [-0.39, 0.29) is 0 Å². The van der Waals surface area contributed by atoms with Gasteiger partial charge in [-0.05, 0) is 68.7 Å². The van der Waals surface area contributed by atoms with E-state index in [0.29, 0.717) is 29.9 Å². The molecule has 3 fully saturated rings. The molecule has 1 saturated heterocycles. The summed E-state index contributed by atoms with van der Waals surface area (Å²) in [6.07, 6.45) is 6.28. The number of fused-ring (bicyclic) bond motifs is 2. The Labute approximate surface area is 199 Å². The van der Waals surface area contributed by atoms with Gasteiger partial charge in [0.25, 0.3) is 0 Å². The molecule has 0 radical (unpaired) electrons. The molecule has 3 aliphatic rings. The van der Waals surface area contributed by atoms with Gasteiger partial charge >= 0.3 is 0 Å². The van der Waals surface area contributed by atoms with Crippen LogP contribution in [0.25, 0.3) is 0 Å². The number of hydrogen-bond acceptors (Lipinski definition) is 9. The molecular weight excluding hydrogens is 434 g/mol. The molecule has 0 amide bonds. The molecule has 2 aliphatic carbocycles. The predicted molar refractivity (Wildman–Crippen MR) is 134 cm³/mol. The lowest BCUT2D eigenvalue weighted by Gasteiger charge is -2.23. The summed E-state index contributed by atoms with van der Waals surface area (Å²) in [4.78, 5) is 15.1. The summed E-state index contributed by atoms with van der Waals surface area (Å²) in [6, 6.07) is 6.81. The van der Waals surface area contributed by atoms with Crippen molar-refractivity contribution in [3.63, 3.8) is 0 Å². The number of methoxy groups -OCH3 is 1. The van der Waals surface area contributed by atoms with Gasteiger partial charge in [0.05, 0.1) is 12.1 Å². The van der Waals surface area contributed by atoms with Gasteiger partial charge in [-0.2, -0.15) is 15.0 Å². The van der Waals surface area contributed by atoms with E-state index in [4.69, 9.17) is 14.7 Å². The summed E-state index contributed by atoms with van der Waals surface area (Å²) in [5, 5.41) is 14.5. The third-order valence-corrected chi connectivity index (χ3v) is 7.97. The average Bonchev–Trinajstić information content (AvgIpc) is 3.54. The number of hydrogen-bond donors (Lipinski definition) is 4. The highest BCUT2D eigenvalue weighted by Gasteiger charge is 2.39. The number of benzene rings is 1. The van der Waals surface area contributed by atoms with E-state index < -0.39 is 0 Å². The van der Waals surface area contributed by atoms with Gasteiger partial charge in [-0.1, -0.05) is 30.8 Å². The van der Waals surface area contributed by atoms with Crippen LogP contribution in [-0.2, 0) is 0 Å². The van der Waals surface area contributed by atoms with E-state index in [1.807, 2.05) is 18.2 Å². The maximum atomic E-state index is 5.37. The SMILES string of the molecule is C=C(Nc1nc(NC2CCNC2)nc(NC2CC3CCC2C3)n1)Sc1cc(OC)ccc1C. The molecule has 2 saturated carbocycles. The lowest BCUT2D eigenvalue weighted by molar-refractivity contribution is 0.413. The molecule has 4 N–H and O–H groups in total. The zero-order valence-electron chi connectivity index (χ0n) is 19.4. The quantitative estimate of drug-likeness (QED) is 0.404. The summed E-state index contributed by atoms with van der Waals surface area (Å²) < 4.78 is 5.37. The summed E-state index contributed by atoms with van der Waals surface area (Å²) in [5.74, 6) is 4.15. The van der Waals surface area contributed by atoms with E-state index >= 15 is 0 Å². The van der Waals surface area contributed by atoms with Gasteiger partial charge in [0.1, 0.15) is 5.75 Å². The van der Waals surface area contributed by atoms with Crippen LogP contribution in [0.1, 0.15) is 37.7 Å². The second-order valence-electron chi connectivity index (χ2n) is 9.35. The Balaban J connectivity index is 1.32. The fraction of sp³-hybridized carbons (Fsp3) is 0.542. The molecule has 2 heterocycles. The van der Waals surface area contributed by atoms with Crippen molar-refractivity contribution >= 4 is 29.6 Å². The smallest absolute Gasteiger partial charge is 0.234 e. The third-order valence-electron chi connectivity index (χ3n) is 6.96. The first kappa shape index (κ1) is 22.3. The van der Waals surface area contributed by atoms with Crippen molar-refractivity contribution < 1.29 is 4.74 Å². The summed E-state index contributed by atoms with van der Waals surface area (Å²) in [7, 11) is 1.68. The fourth-order valence-electron chi connectivity index (χ4n) is 5.21. The zero-order valence-corrected chi connectivity index (χ0v) is 20.2. The highest BCUT2D eigenvalue weighted by atomic mass is 32.2. The van der Waals surface area contributed by atoms with E-state index in [1.165, 1.54) is 25.7 Å². The molecule has 1 aromatic carbocycles. The Bertz CT molecular complexity index is 1010. The van der Waals surface area contributed by atoms with Gasteiger partial charge in [0.15, 0.2) is 0 Å². The molecule has 5 rings (SSSR count). The van der Waals surface area contributed by atoms with Crippen molar-refractivity contribution in [2.24, 2.45) is 11.8 Å². The normalized spacial score (nSPS) is 25.8. The molecule has 1 aromatic heterocycles. The standard InChI is InChI=1S/C24H33N7OS/c1-14-4-7-19(32-3)12-21(14)33-15(2)26-22-29-23(27-18-8-9-25-13-18)31-24(30-22)28-20-11-16-5-6-17(20)10-16/h4,7,12,16-18,20,25H,2,5-6,8-11,13H2,1,3H3,(H3,26,27,28,29,30,31). The number of aryl methyl sites for hydroxylation is 1. The van der Waals surface area contributed by atoms with Crippen LogP contribution in [0.15, 0.2) is 34.7 Å². The Kier molecular flexibility index (Phi) is 6.59. The Morgan fingerprint density at radius 3 is 2.61 bits per heavy atom. The van der Waals surface area contributed by atoms with Crippen LogP contribution in [0.5, 0.6) is 5.75 Å². The van der Waals surface area contributed by atoms with Crippen LogP contribution in [0.2, 0.25) is 0 Å². The number of thioether (sulfide) groups is 1. The fourth-order valence-corrected chi connectivity index (χ4v) is 6.02. The minimum atomic E-state index is 0.326. The second kappa shape index (κ2) is 9.77. The van der Waals surface area contributed by atoms with E-state index in [2.05, 4.69) is 39.8 Å². The summed E-state index contributed by atoms with van der Waals surface area (Å²) >= 11 is 1.55. The van der Waals surface area contributed by atoms with Crippen LogP contribution in [-0.4, -0.2) is 47.2 Å². The van der Waals surface area contributed by atoms with Crippen molar-refractivity contribution in [3.05, 3.63) is 35.4 Å². The lowest BCUT2D eigenvalue weighted by Crippen LogP contribution is -2.28. The Morgan fingerprint density at radius 1 is 1.09 bits per heavy atom. The predicted octanol–water partition coefficient (Wildman–Crippen LogP) is 4.24. The molecule has 9 heteroatoms. The van der Waals surface area contributed by atoms with Gasteiger partial charge < -0.3 is 26.0 Å². The van der Waals surface area contributed by atoms with Crippen molar-refractivity contribution in [3.8, 4) is 5.75 Å². The molecule has 2 aromatic rings. The first-order valence-corrected chi connectivity index (χ1v) is 12.7. The maximum absolute atomic E-state index is 5.37. The van der Waals surface area contributed by atoms with Gasteiger partial charge in [-0.3, -0.25) is 0 Å². The van der Waals surface area contributed by atoms with Crippen LogP contribution in [0, 0.1) is 18.8 Å². The number of nitrogens with zero attached hydrogens (tertiary/aromatic N) is 3. The largest absolute Gasteiger partial charge is 0.497 e. The highest BCUT2D eigenvalue weighted by Crippen LogP contribution is 2.45. The number of nitrogens with one attached hydrogen (secondary N) is 4. The maximum Gasteiger partial charge on any atom is 0.234 e. The zero-order chi connectivity index (χ0) is 22.8. The number of aromatic nitrogens is 3. The van der Waals surface area contributed by atoms with E-state index in [0.717, 1.165) is 52.6 Å². The Morgan fingerprint density at radius 2 is 1.91 bits per heavy atom. The molecule has 176 valence electrons. The van der Waals surface area contributed by atoms with E-state index in [9.17, 15) is 0 Å². The topological polar surface area (TPSA) is 96.0 Å². The minimum Gasteiger partial charge on any atom is -0.497 e. The number of rotatable bonds is 9. The van der Waals surface area contributed by atoms with E-state index in [1.54, 1.807) is 18.9 Å². The minimum absolute atomic E-state index is 0.326. The number of ether oxygens (including phenoxy) is 1.